The van der Waals surface area contributed by atoms with Crippen LogP contribution in [0.2, 0.25) is 0 Å². The van der Waals surface area contributed by atoms with Crippen LogP contribution < -0.4 is 10.1 Å². The van der Waals surface area contributed by atoms with Gasteiger partial charge in [-0.25, -0.2) is 13.4 Å². The van der Waals surface area contributed by atoms with E-state index in [0.29, 0.717) is 49.7 Å². The van der Waals surface area contributed by atoms with Crippen molar-refractivity contribution in [2.45, 2.75) is 6.54 Å². The van der Waals surface area contributed by atoms with Crippen molar-refractivity contribution in [1.29, 1.82) is 0 Å². The van der Waals surface area contributed by atoms with Crippen LogP contribution in [0.15, 0.2) is 42.5 Å². The minimum Gasteiger partial charge on any atom is -0.497 e. The number of hydrogen-bond donors (Lipinski definition) is 1. The van der Waals surface area contributed by atoms with Crippen molar-refractivity contribution in [2.24, 2.45) is 7.05 Å². The zero-order valence-electron chi connectivity index (χ0n) is 18.4. The molecule has 2 heterocycles. The number of benzene rings is 2. The maximum atomic E-state index is 12.6. The Hall–Kier alpha value is -2.95. The number of amides is 1. The average molecular weight is 458 g/mol. The summed E-state index contributed by atoms with van der Waals surface area (Å²) in [5.41, 5.74) is 2.98. The topological polar surface area (TPSA) is 96.8 Å². The van der Waals surface area contributed by atoms with Gasteiger partial charge < -0.3 is 14.6 Å². The average Bonchev–Trinajstić information content (AvgIpc) is 3.08. The normalized spacial score (nSPS) is 15.7. The maximum Gasteiger partial charge on any atom is 0.255 e. The van der Waals surface area contributed by atoms with E-state index in [1.165, 1.54) is 10.6 Å². The number of methoxy groups -OCH3 is 1. The predicted octanol–water partition coefficient (Wildman–Crippen LogP) is 1.91. The van der Waals surface area contributed by atoms with Crippen LogP contribution in [-0.2, 0) is 23.6 Å². The fourth-order valence-electron chi connectivity index (χ4n) is 3.83. The van der Waals surface area contributed by atoms with Crippen LogP contribution in [0.25, 0.3) is 11.0 Å². The molecule has 1 fully saturated rings. The Morgan fingerprint density at radius 2 is 1.78 bits per heavy atom. The van der Waals surface area contributed by atoms with Crippen molar-refractivity contribution in [1.82, 2.24) is 18.8 Å². The number of ether oxygens (including phenoxy) is 1. The number of aryl methyl sites for hydroxylation is 1. The number of rotatable bonds is 6. The van der Waals surface area contributed by atoms with Crippen LogP contribution in [0, 0.1) is 0 Å². The summed E-state index contributed by atoms with van der Waals surface area (Å²) in [5.74, 6) is 1.39. The summed E-state index contributed by atoms with van der Waals surface area (Å²) in [6, 6.07) is 12.6. The molecule has 0 bridgehead atoms. The van der Waals surface area contributed by atoms with Gasteiger partial charge in [0.15, 0.2) is 0 Å². The van der Waals surface area contributed by atoms with Gasteiger partial charge in [0.05, 0.1) is 30.9 Å². The monoisotopic (exact) mass is 457 g/mol. The lowest BCUT2D eigenvalue weighted by molar-refractivity contribution is 0.102. The van der Waals surface area contributed by atoms with Crippen molar-refractivity contribution >= 4 is 32.7 Å². The molecule has 1 amide bonds. The third-order valence-electron chi connectivity index (χ3n) is 5.75. The van der Waals surface area contributed by atoms with Crippen molar-refractivity contribution in [3.8, 4) is 5.75 Å². The van der Waals surface area contributed by atoms with Gasteiger partial charge >= 0.3 is 0 Å². The van der Waals surface area contributed by atoms with Crippen molar-refractivity contribution in [3.05, 3.63) is 53.9 Å². The number of sulfonamides is 1. The molecule has 4 rings (SSSR count). The molecule has 1 N–H and O–H groups in total. The Bertz CT molecular complexity index is 1230. The Morgan fingerprint density at radius 1 is 1.09 bits per heavy atom. The maximum absolute atomic E-state index is 12.6. The van der Waals surface area contributed by atoms with Gasteiger partial charge in [-0.3, -0.25) is 9.69 Å². The number of carbonyl (C=O) groups excluding carboxylic acids is 1. The number of aromatic nitrogens is 2. The zero-order valence-corrected chi connectivity index (χ0v) is 19.2. The Labute approximate surface area is 187 Å². The minimum absolute atomic E-state index is 0.202. The van der Waals surface area contributed by atoms with Crippen LogP contribution in [0.1, 0.15) is 16.2 Å². The largest absolute Gasteiger partial charge is 0.497 e. The van der Waals surface area contributed by atoms with E-state index in [9.17, 15) is 13.2 Å². The molecule has 1 aliphatic heterocycles. The predicted molar refractivity (Wildman–Crippen MR) is 123 cm³/mol. The van der Waals surface area contributed by atoms with Crippen LogP contribution in [0.3, 0.4) is 0 Å². The molecule has 1 aliphatic rings. The Kier molecular flexibility index (Phi) is 6.18. The van der Waals surface area contributed by atoms with Gasteiger partial charge in [0.2, 0.25) is 10.0 Å². The van der Waals surface area contributed by atoms with Gasteiger partial charge in [-0.15, -0.1) is 0 Å². The van der Waals surface area contributed by atoms with Crippen molar-refractivity contribution in [2.75, 3.05) is 44.9 Å². The second kappa shape index (κ2) is 8.89. The number of anilines is 1. The first kappa shape index (κ1) is 22.3. The lowest BCUT2D eigenvalue weighted by atomic mass is 10.2. The second-order valence-electron chi connectivity index (χ2n) is 7.91. The first-order valence-electron chi connectivity index (χ1n) is 10.3. The molecule has 170 valence electrons. The lowest BCUT2D eigenvalue weighted by Crippen LogP contribution is -2.48. The SMILES string of the molecule is COc1ccc(C(=O)Nc2ccc3c(c2)nc(CN2CCN(S(C)(=O)=O)CC2)n3C)cc1. The van der Waals surface area contributed by atoms with Gasteiger partial charge in [0.25, 0.3) is 5.91 Å². The summed E-state index contributed by atoms with van der Waals surface area (Å²) in [7, 11) is 0.405. The highest BCUT2D eigenvalue weighted by Gasteiger charge is 2.24. The van der Waals surface area contributed by atoms with Crippen LogP contribution in [-0.4, -0.2) is 72.6 Å². The first-order valence-corrected chi connectivity index (χ1v) is 12.2. The third-order valence-corrected chi connectivity index (χ3v) is 7.05. The number of fused-ring (bicyclic) bond motifs is 1. The fourth-order valence-corrected chi connectivity index (χ4v) is 4.66. The highest BCUT2D eigenvalue weighted by molar-refractivity contribution is 7.88. The number of nitrogens with zero attached hydrogens (tertiary/aromatic N) is 4. The first-order chi connectivity index (χ1) is 15.2. The van der Waals surface area contributed by atoms with E-state index >= 15 is 0 Å². The van der Waals surface area contributed by atoms with Gasteiger partial charge in [-0.1, -0.05) is 0 Å². The zero-order chi connectivity index (χ0) is 22.9. The molecule has 0 radical (unpaired) electrons. The van der Waals surface area contributed by atoms with Crippen LogP contribution in [0.4, 0.5) is 5.69 Å². The van der Waals surface area contributed by atoms with E-state index in [1.54, 1.807) is 31.4 Å². The number of nitrogens with one attached hydrogen (secondary N) is 1. The van der Waals surface area contributed by atoms with Gasteiger partial charge in [-0.05, 0) is 42.5 Å². The molecule has 1 aromatic heterocycles. The van der Waals surface area contributed by atoms with E-state index < -0.39 is 10.0 Å². The fraction of sp³-hybridized carbons (Fsp3) is 0.364. The highest BCUT2D eigenvalue weighted by Crippen LogP contribution is 2.22. The van der Waals surface area contributed by atoms with E-state index in [1.807, 2.05) is 29.8 Å². The van der Waals surface area contributed by atoms with Crippen LogP contribution in [0.5, 0.6) is 5.75 Å². The summed E-state index contributed by atoms with van der Waals surface area (Å²) in [4.78, 5) is 19.5. The third kappa shape index (κ3) is 4.77. The lowest BCUT2D eigenvalue weighted by Gasteiger charge is -2.32. The van der Waals surface area contributed by atoms with Gasteiger partial charge in [0, 0.05) is 44.5 Å². The molecular weight excluding hydrogens is 430 g/mol. The second-order valence-corrected chi connectivity index (χ2v) is 9.89. The highest BCUT2D eigenvalue weighted by atomic mass is 32.2. The Balaban J connectivity index is 1.45. The van der Waals surface area contributed by atoms with E-state index in [0.717, 1.165) is 16.9 Å². The summed E-state index contributed by atoms with van der Waals surface area (Å²) in [6.07, 6.45) is 1.25. The summed E-state index contributed by atoms with van der Waals surface area (Å²) in [6.45, 7) is 2.95. The van der Waals surface area contributed by atoms with E-state index in [-0.39, 0.29) is 5.91 Å². The molecule has 0 saturated carbocycles. The molecule has 0 unspecified atom stereocenters. The molecule has 3 aromatic rings. The molecule has 2 aromatic carbocycles. The molecule has 32 heavy (non-hydrogen) atoms. The molecular formula is C22H27N5O4S. The molecule has 1 saturated heterocycles. The smallest absolute Gasteiger partial charge is 0.255 e. The van der Waals surface area contributed by atoms with E-state index in [2.05, 4.69) is 10.2 Å². The van der Waals surface area contributed by atoms with Crippen molar-refractivity contribution < 1.29 is 17.9 Å². The molecule has 0 aliphatic carbocycles. The number of piperazine rings is 1. The molecule has 0 spiro atoms. The summed E-state index contributed by atoms with van der Waals surface area (Å²) >= 11 is 0. The Morgan fingerprint density at radius 3 is 2.41 bits per heavy atom. The van der Waals surface area contributed by atoms with Crippen LogP contribution >= 0.6 is 0 Å². The minimum atomic E-state index is -3.14. The summed E-state index contributed by atoms with van der Waals surface area (Å²) < 4.78 is 32.1. The van der Waals surface area contributed by atoms with Gasteiger partial charge in [-0.2, -0.15) is 4.31 Å². The standard InChI is InChI=1S/C22H27N5O4S/c1-25-20-9-6-17(23-22(28)16-4-7-18(31-2)8-5-16)14-19(20)24-21(25)15-26-10-12-27(13-11-26)32(3,29)30/h4-9,14H,10-13,15H2,1-3H3,(H,23,28). The molecule has 9 nitrogen and oxygen atoms in total. The number of imidazole rings is 1. The number of hydrogen-bond acceptors (Lipinski definition) is 6. The molecule has 0 atom stereocenters. The summed E-state index contributed by atoms with van der Waals surface area (Å²) in [5, 5.41) is 2.92. The van der Waals surface area contributed by atoms with Crippen molar-refractivity contribution in [3.63, 3.8) is 0 Å². The number of carbonyl (C=O) groups is 1. The quantitative estimate of drug-likeness (QED) is 0.607. The van der Waals surface area contributed by atoms with E-state index in [4.69, 9.17) is 9.72 Å². The molecule has 10 heteroatoms. The van der Waals surface area contributed by atoms with Gasteiger partial charge in [0.1, 0.15) is 11.6 Å².